The molecule has 0 atom stereocenters. The van der Waals surface area contributed by atoms with E-state index in [9.17, 15) is 0 Å². The molecule has 0 aliphatic carbocycles. The van der Waals surface area contributed by atoms with Gasteiger partial charge in [-0.05, 0) is 37.2 Å². The Morgan fingerprint density at radius 2 is 2.15 bits per heavy atom. The molecule has 3 nitrogen and oxygen atoms in total. The first kappa shape index (κ1) is 15.3. The Hall–Kier alpha value is -1.10. The first-order valence-corrected chi connectivity index (χ1v) is 8.00. The second-order valence-corrected chi connectivity index (χ2v) is 6.53. The van der Waals surface area contributed by atoms with E-state index < -0.39 is 0 Å². The Kier molecular flexibility index (Phi) is 5.83. The minimum absolute atomic E-state index is 0.820. The maximum Gasteiger partial charge on any atom is 0.128 e. The third kappa shape index (κ3) is 4.47. The number of nitrogens with one attached hydrogen (secondary N) is 1. The minimum Gasteiger partial charge on any atom is -0.355 e. The second-order valence-electron chi connectivity index (χ2n) is 4.73. The van der Waals surface area contributed by atoms with Crippen molar-refractivity contribution in [1.29, 1.82) is 0 Å². The summed E-state index contributed by atoms with van der Waals surface area (Å²) in [6, 6.07) is 10.2. The number of pyridine rings is 1. The number of anilines is 1. The molecule has 108 valence electrons. The highest BCUT2D eigenvalue weighted by Crippen LogP contribution is 2.23. The van der Waals surface area contributed by atoms with Crippen LogP contribution in [0, 0.1) is 0 Å². The molecule has 0 fully saturated rings. The van der Waals surface area contributed by atoms with Gasteiger partial charge in [-0.3, -0.25) is 0 Å². The molecule has 0 aromatic carbocycles. The van der Waals surface area contributed by atoms with E-state index in [-0.39, 0.29) is 0 Å². The number of hydrogen-bond donors (Lipinski definition) is 1. The summed E-state index contributed by atoms with van der Waals surface area (Å²) in [6.45, 7) is 4.84. The number of nitrogens with zero attached hydrogens (tertiary/aromatic N) is 2. The van der Waals surface area contributed by atoms with E-state index in [0.29, 0.717) is 0 Å². The molecule has 0 amide bonds. The van der Waals surface area contributed by atoms with E-state index in [0.717, 1.165) is 41.9 Å². The summed E-state index contributed by atoms with van der Waals surface area (Å²) in [7, 11) is 2.05. The highest BCUT2D eigenvalue weighted by Gasteiger charge is 2.06. The summed E-state index contributed by atoms with van der Waals surface area (Å²) in [5.74, 6) is 0.991. The Labute approximate surface area is 129 Å². The number of hydrogen-bond acceptors (Lipinski definition) is 4. The van der Waals surface area contributed by atoms with E-state index in [4.69, 9.17) is 11.6 Å². The molecule has 0 aliphatic heterocycles. The lowest BCUT2D eigenvalue weighted by Crippen LogP contribution is -2.19. The second kappa shape index (κ2) is 7.62. The normalized spacial score (nSPS) is 10.8. The van der Waals surface area contributed by atoms with Crippen LogP contribution in [0.25, 0.3) is 0 Å². The van der Waals surface area contributed by atoms with Crippen LogP contribution in [0.2, 0.25) is 4.34 Å². The van der Waals surface area contributed by atoms with Crippen LogP contribution in [0.15, 0.2) is 30.3 Å². The predicted octanol–water partition coefficient (Wildman–Crippen LogP) is 3.93. The van der Waals surface area contributed by atoms with Crippen LogP contribution in [0.4, 0.5) is 5.82 Å². The lowest BCUT2D eigenvalue weighted by atomic mass is 10.3. The zero-order valence-electron chi connectivity index (χ0n) is 11.9. The summed E-state index contributed by atoms with van der Waals surface area (Å²) in [5.41, 5.74) is 1.08. The molecule has 5 heteroatoms. The van der Waals surface area contributed by atoms with E-state index in [2.05, 4.69) is 47.4 Å². The Balaban J connectivity index is 1.98. The summed E-state index contributed by atoms with van der Waals surface area (Å²) in [5, 5.41) is 3.37. The van der Waals surface area contributed by atoms with Crippen molar-refractivity contribution in [2.45, 2.75) is 26.4 Å². The van der Waals surface area contributed by atoms with Gasteiger partial charge in [0, 0.05) is 18.5 Å². The van der Waals surface area contributed by atoms with Gasteiger partial charge in [0.25, 0.3) is 0 Å². The molecule has 0 aliphatic rings. The Bertz CT molecular complexity index is 541. The van der Waals surface area contributed by atoms with Crippen LogP contribution in [-0.2, 0) is 13.1 Å². The van der Waals surface area contributed by atoms with E-state index in [1.54, 1.807) is 11.3 Å². The fourth-order valence-electron chi connectivity index (χ4n) is 1.92. The van der Waals surface area contributed by atoms with Gasteiger partial charge < -0.3 is 10.2 Å². The first-order valence-electron chi connectivity index (χ1n) is 6.81. The van der Waals surface area contributed by atoms with Crippen molar-refractivity contribution in [3.8, 4) is 0 Å². The quantitative estimate of drug-likeness (QED) is 0.785. The third-order valence-corrected chi connectivity index (χ3v) is 4.15. The highest BCUT2D eigenvalue weighted by atomic mass is 35.5. The molecule has 0 saturated heterocycles. The van der Waals surface area contributed by atoms with Gasteiger partial charge in [-0.25, -0.2) is 4.98 Å². The third-order valence-electron chi connectivity index (χ3n) is 2.94. The first-order chi connectivity index (χ1) is 9.69. The summed E-state index contributed by atoms with van der Waals surface area (Å²) < 4.78 is 0.832. The van der Waals surface area contributed by atoms with Gasteiger partial charge in [-0.15, -0.1) is 11.3 Å². The maximum atomic E-state index is 5.96. The van der Waals surface area contributed by atoms with Crippen LogP contribution in [-0.4, -0.2) is 18.6 Å². The van der Waals surface area contributed by atoms with Crippen LogP contribution in [0.1, 0.15) is 23.9 Å². The SMILES string of the molecule is CCCNCc1cccc(N(C)Cc2ccc(Cl)s2)n1. The van der Waals surface area contributed by atoms with E-state index in [1.807, 2.05) is 12.1 Å². The molecule has 0 unspecified atom stereocenters. The van der Waals surface area contributed by atoms with Crippen molar-refractivity contribution >= 4 is 28.8 Å². The summed E-state index contributed by atoms with van der Waals surface area (Å²) in [6.07, 6.45) is 1.14. The zero-order chi connectivity index (χ0) is 14.4. The summed E-state index contributed by atoms with van der Waals surface area (Å²) in [4.78, 5) is 8.07. The lowest BCUT2D eigenvalue weighted by molar-refractivity contribution is 0.663. The lowest BCUT2D eigenvalue weighted by Gasteiger charge is -2.18. The van der Waals surface area contributed by atoms with Gasteiger partial charge in [-0.1, -0.05) is 24.6 Å². The molecule has 0 radical (unpaired) electrons. The van der Waals surface area contributed by atoms with Crippen molar-refractivity contribution in [2.24, 2.45) is 0 Å². The number of thiophene rings is 1. The van der Waals surface area contributed by atoms with Crippen molar-refractivity contribution < 1.29 is 0 Å². The molecule has 2 aromatic rings. The van der Waals surface area contributed by atoms with E-state index >= 15 is 0 Å². The van der Waals surface area contributed by atoms with Gasteiger partial charge in [0.2, 0.25) is 0 Å². The number of aromatic nitrogens is 1. The topological polar surface area (TPSA) is 28.2 Å². The average molecular weight is 310 g/mol. The summed E-state index contributed by atoms with van der Waals surface area (Å²) >= 11 is 7.58. The zero-order valence-corrected chi connectivity index (χ0v) is 13.5. The highest BCUT2D eigenvalue weighted by molar-refractivity contribution is 7.16. The van der Waals surface area contributed by atoms with Crippen LogP contribution >= 0.6 is 22.9 Å². The molecule has 0 spiro atoms. The van der Waals surface area contributed by atoms with Crippen molar-refractivity contribution in [3.05, 3.63) is 45.2 Å². The molecule has 2 aromatic heterocycles. The van der Waals surface area contributed by atoms with E-state index in [1.165, 1.54) is 4.88 Å². The monoisotopic (exact) mass is 309 g/mol. The molecule has 20 heavy (non-hydrogen) atoms. The maximum absolute atomic E-state index is 5.96. The number of halogens is 1. The van der Waals surface area contributed by atoms with Gasteiger partial charge in [0.1, 0.15) is 5.82 Å². The van der Waals surface area contributed by atoms with Gasteiger partial charge in [-0.2, -0.15) is 0 Å². The van der Waals surface area contributed by atoms with Crippen LogP contribution < -0.4 is 10.2 Å². The Morgan fingerprint density at radius 1 is 1.30 bits per heavy atom. The van der Waals surface area contributed by atoms with Crippen molar-refractivity contribution in [2.75, 3.05) is 18.5 Å². The minimum atomic E-state index is 0.820. The molecule has 0 saturated carbocycles. The predicted molar refractivity (Wildman–Crippen MR) is 87.7 cm³/mol. The largest absolute Gasteiger partial charge is 0.355 e. The average Bonchev–Trinajstić information content (AvgIpc) is 2.85. The molecule has 0 bridgehead atoms. The molecule has 2 heterocycles. The van der Waals surface area contributed by atoms with Crippen molar-refractivity contribution in [3.63, 3.8) is 0 Å². The standard InChI is InChI=1S/C15H20ClN3S/c1-3-9-17-10-12-5-4-6-15(18-12)19(2)11-13-7-8-14(16)20-13/h4-8,17H,3,9-11H2,1-2H3. The Morgan fingerprint density at radius 3 is 2.85 bits per heavy atom. The van der Waals surface area contributed by atoms with Gasteiger partial charge in [0.15, 0.2) is 0 Å². The molecule has 1 N–H and O–H groups in total. The fraction of sp³-hybridized carbons (Fsp3) is 0.400. The van der Waals surface area contributed by atoms with Gasteiger partial charge >= 0.3 is 0 Å². The molecule has 2 rings (SSSR count). The number of rotatable bonds is 7. The smallest absolute Gasteiger partial charge is 0.128 e. The fourth-order valence-corrected chi connectivity index (χ4v) is 3.06. The van der Waals surface area contributed by atoms with Crippen molar-refractivity contribution in [1.82, 2.24) is 10.3 Å². The van der Waals surface area contributed by atoms with Gasteiger partial charge in [0.05, 0.1) is 16.6 Å². The van der Waals surface area contributed by atoms with Crippen LogP contribution in [0.5, 0.6) is 0 Å². The van der Waals surface area contributed by atoms with Crippen LogP contribution in [0.3, 0.4) is 0 Å². The molecular formula is C15H20ClN3S. The molecular weight excluding hydrogens is 290 g/mol.